The Labute approximate surface area is 88.9 Å². The molecule has 2 N–H and O–H groups in total. The molecule has 4 heteroatoms. The van der Waals surface area contributed by atoms with Gasteiger partial charge in [-0.25, -0.2) is 0 Å². The second-order valence-corrected chi connectivity index (χ2v) is 4.15. The van der Waals surface area contributed by atoms with Gasteiger partial charge in [0.2, 0.25) is 0 Å². The number of hydrogen-bond donors (Lipinski definition) is 2. The average Bonchev–Trinajstić information content (AvgIpc) is 2.59. The summed E-state index contributed by atoms with van der Waals surface area (Å²) in [7, 11) is 0. The molecule has 0 saturated carbocycles. The van der Waals surface area contributed by atoms with E-state index in [1.807, 2.05) is 19.9 Å². The zero-order valence-corrected chi connectivity index (χ0v) is 9.43. The number of furan rings is 1. The van der Waals surface area contributed by atoms with E-state index in [4.69, 9.17) is 9.52 Å². The van der Waals surface area contributed by atoms with Crippen LogP contribution in [0.3, 0.4) is 0 Å². The maximum atomic E-state index is 9.06. The third-order valence-electron chi connectivity index (χ3n) is 1.96. The van der Waals surface area contributed by atoms with Gasteiger partial charge in [0.1, 0.15) is 5.76 Å². The Kier molecular flexibility index (Phi) is 5.07. The van der Waals surface area contributed by atoms with Gasteiger partial charge in [0.05, 0.1) is 12.9 Å². The van der Waals surface area contributed by atoms with E-state index in [9.17, 15) is 0 Å². The summed E-state index contributed by atoms with van der Waals surface area (Å²) in [5.74, 6) is 1.81. The fourth-order valence-electron chi connectivity index (χ4n) is 1.18. The molecule has 1 atom stereocenters. The topological polar surface area (TPSA) is 45.4 Å². The van der Waals surface area contributed by atoms with Crippen LogP contribution in [0.25, 0.3) is 0 Å². The smallest absolute Gasteiger partial charge is 0.114 e. The quantitative estimate of drug-likeness (QED) is 0.708. The van der Waals surface area contributed by atoms with Crippen LogP contribution in [0.1, 0.15) is 12.7 Å². The molecule has 0 amide bonds. The molecule has 0 spiro atoms. The summed E-state index contributed by atoms with van der Waals surface area (Å²) >= 11 is 1.71. The van der Waals surface area contributed by atoms with Crippen LogP contribution in [0, 0.1) is 6.92 Å². The molecule has 0 radical (unpaired) electrons. The first-order valence-electron chi connectivity index (χ1n) is 4.79. The number of rotatable bonds is 6. The van der Waals surface area contributed by atoms with Crippen molar-refractivity contribution < 1.29 is 9.52 Å². The molecule has 0 aliphatic heterocycles. The van der Waals surface area contributed by atoms with Crippen molar-refractivity contribution in [3.8, 4) is 0 Å². The van der Waals surface area contributed by atoms with Gasteiger partial charge in [-0.05, 0) is 19.5 Å². The number of aliphatic hydroxyl groups excluding tert-OH is 1. The van der Waals surface area contributed by atoms with Gasteiger partial charge in [0.15, 0.2) is 0 Å². The van der Waals surface area contributed by atoms with Crippen molar-refractivity contribution in [1.82, 2.24) is 5.32 Å². The Morgan fingerprint density at radius 2 is 2.43 bits per heavy atom. The minimum atomic E-state index is 0.166. The highest BCUT2D eigenvalue weighted by Crippen LogP contribution is 2.23. The molecule has 0 bridgehead atoms. The van der Waals surface area contributed by atoms with Gasteiger partial charge in [-0.1, -0.05) is 6.92 Å². The van der Waals surface area contributed by atoms with Crippen molar-refractivity contribution in [2.45, 2.75) is 24.8 Å². The molecule has 14 heavy (non-hydrogen) atoms. The van der Waals surface area contributed by atoms with Crippen molar-refractivity contribution in [3.05, 3.63) is 18.1 Å². The summed E-state index contributed by atoms with van der Waals surface area (Å²) in [6.45, 7) is 5.05. The molecule has 80 valence electrons. The summed E-state index contributed by atoms with van der Waals surface area (Å²) in [5.41, 5.74) is 0. The predicted molar refractivity (Wildman–Crippen MR) is 58.7 cm³/mol. The molecule has 1 aromatic heterocycles. The highest BCUT2D eigenvalue weighted by atomic mass is 32.2. The lowest BCUT2D eigenvalue weighted by Crippen LogP contribution is -2.34. The number of likely N-dealkylation sites (N-methyl/N-ethyl adjacent to an activating group) is 1. The molecular weight excluding hydrogens is 198 g/mol. The van der Waals surface area contributed by atoms with Crippen molar-refractivity contribution in [3.63, 3.8) is 0 Å². The third-order valence-corrected chi connectivity index (χ3v) is 3.27. The first-order chi connectivity index (χ1) is 6.77. The number of thioether (sulfide) groups is 1. The Bertz CT molecular complexity index is 262. The molecular formula is C10H17NO2S. The van der Waals surface area contributed by atoms with Gasteiger partial charge in [0, 0.05) is 16.7 Å². The summed E-state index contributed by atoms with van der Waals surface area (Å²) in [6, 6.07) is 2.12. The van der Waals surface area contributed by atoms with Crippen LogP contribution in [-0.2, 0) is 0 Å². The third kappa shape index (κ3) is 3.36. The lowest BCUT2D eigenvalue weighted by molar-refractivity contribution is 0.255. The van der Waals surface area contributed by atoms with Gasteiger partial charge < -0.3 is 14.8 Å². The predicted octanol–water partition coefficient (Wildman–Crippen LogP) is 1.65. The van der Waals surface area contributed by atoms with E-state index in [0.29, 0.717) is 0 Å². The molecule has 3 nitrogen and oxygen atoms in total. The van der Waals surface area contributed by atoms with Crippen molar-refractivity contribution in [1.29, 1.82) is 0 Å². The minimum absolute atomic E-state index is 0.166. The van der Waals surface area contributed by atoms with Gasteiger partial charge >= 0.3 is 0 Å². The van der Waals surface area contributed by atoms with Crippen LogP contribution < -0.4 is 5.32 Å². The minimum Gasteiger partial charge on any atom is -0.468 e. The number of hydrogen-bond acceptors (Lipinski definition) is 4. The molecule has 0 aliphatic carbocycles. The van der Waals surface area contributed by atoms with Crippen molar-refractivity contribution in [2.24, 2.45) is 0 Å². The van der Waals surface area contributed by atoms with Gasteiger partial charge in [-0.2, -0.15) is 0 Å². The van der Waals surface area contributed by atoms with Crippen LogP contribution in [0.15, 0.2) is 21.6 Å². The van der Waals surface area contributed by atoms with E-state index >= 15 is 0 Å². The van der Waals surface area contributed by atoms with E-state index in [2.05, 4.69) is 5.32 Å². The van der Waals surface area contributed by atoms with Crippen LogP contribution in [0.5, 0.6) is 0 Å². The van der Waals surface area contributed by atoms with E-state index < -0.39 is 0 Å². The lowest BCUT2D eigenvalue weighted by atomic mass is 10.3. The Balaban J connectivity index is 2.35. The average molecular weight is 215 g/mol. The SMILES string of the molecule is CCNC(CO)CSc1ccoc1C. The zero-order valence-electron chi connectivity index (χ0n) is 8.62. The number of nitrogens with one attached hydrogen (secondary N) is 1. The number of aliphatic hydroxyl groups is 1. The maximum Gasteiger partial charge on any atom is 0.114 e. The molecule has 0 saturated heterocycles. The Morgan fingerprint density at radius 3 is 2.93 bits per heavy atom. The number of aryl methyl sites for hydroxylation is 1. The Hall–Kier alpha value is -0.450. The van der Waals surface area contributed by atoms with Crippen LogP contribution >= 0.6 is 11.8 Å². The molecule has 0 aromatic carbocycles. The zero-order chi connectivity index (χ0) is 10.4. The standard InChI is InChI=1S/C10H17NO2S/c1-3-11-9(6-12)7-14-10-4-5-13-8(10)2/h4-5,9,11-12H,3,6-7H2,1-2H3. The van der Waals surface area contributed by atoms with Crippen molar-refractivity contribution >= 4 is 11.8 Å². The van der Waals surface area contributed by atoms with Gasteiger partial charge in [-0.3, -0.25) is 0 Å². The van der Waals surface area contributed by atoms with Gasteiger partial charge in [-0.15, -0.1) is 11.8 Å². The maximum absolute atomic E-state index is 9.06. The summed E-state index contributed by atoms with van der Waals surface area (Å²) in [4.78, 5) is 1.15. The molecule has 1 aromatic rings. The largest absolute Gasteiger partial charge is 0.468 e. The summed E-state index contributed by atoms with van der Waals surface area (Å²) in [6.07, 6.45) is 1.69. The van der Waals surface area contributed by atoms with E-state index in [1.54, 1.807) is 18.0 Å². The fourth-order valence-corrected chi connectivity index (χ4v) is 2.19. The fraction of sp³-hybridized carbons (Fsp3) is 0.600. The first kappa shape index (κ1) is 11.6. The summed E-state index contributed by atoms with van der Waals surface area (Å²) in [5, 5.41) is 12.3. The normalized spacial score (nSPS) is 13.1. The highest BCUT2D eigenvalue weighted by molar-refractivity contribution is 7.99. The second kappa shape index (κ2) is 6.11. The Morgan fingerprint density at radius 1 is 1.64 bits per heavy atom. The second-order valence-electron chi connectivity index (χ2n) is 3.09. The van der Waals surface area contributed by atoms with Crippen LogP contribution in [0.4, 0.5) is 0 Å². The van der Waals surface area contributed by atoms with Crippen LogP contribution in [-0.4, -0.2) is 30.1 Å². The van der Waals surface area contributed by atoms with E-state index in [-0.39, 0.29) is 12.6 Å². The lowest BCUT2D eigenvalue weighted by Gasteiger charge is -2.13. The van der Waals surface area contributed by atoms with Crippen LogP contribution in [0.2, 0.25) is 0 Å². The van der Waals surface area contributed by atoms with Gasteiger partial charge in [0.25, 0.3) is 0 Å². The molecule has 1 heterocycles. The monoisotopic (exact) mass is 215 g/mol. The molecule has 0 fully saturated rings. The molecule has 0 aliphatic rings. The highest BCUT2D eigenvalue weighted by Gasteiger charge is 2.08. The molecule has 1 rings (SSSR count). The van der Waals surface area contributed by atoms with Crippen molar-refractivity contribution in [2.75, 3.05) is 18.9 Å². The summed E-state index contributed by atoms with van der Waals surface area (Å²) < 4.78 is 5.19. The van der Waals surface area contributed by atoms with E-state index in [0.717, 1.165) is 23.0 Å². The van der Waals surface area contributed by atoms with E-state index in [1.165, 1.54) is 0 Å². The first-order valence-corrected chi connectivity index (χ1v) is 5.77. The molecule has 1 unspecified atom stereocenters.